The molecule has 1 unspecified atom stereocenters. The van der Waals surface area contributed by atoms with Gasteiger partial charge in [-0.3, -0.25) is 9.67 Å². The molecule has 1 atom stereocenters. The third-order valence-corrected chi connectivity index (χ3v) is 3.66. The van der Waals surface area contributed by atoms with Gasteiger partial charge in [0.2, 0.25) is 0 Å². The predicted octanol–water partition coefficient (Wildman–Crippen LogP) is 3.22. The van der Waals surface area contributed by atoms with E-state index in [9.17, 15) is 0 Å². The molecule has 1 N–H and O–H groups in total. The van der Waals surface area contributed by atoms with Crippen molar-refractivity contribution in [3.05, 3.63) is 39.9 Å². The highest BCUT2D eigenvalue weighted by Gasteiger charge is 2.25. The van der Waals surface area contributed by atoms with E-state index in [-0.39, 0.29) is 6.04 Å². The van der Waals surface area contributed by atoms with Crippen molar-refractivity contribution in [2.75, 3.05) is 13.7 Å². The Morgan fingerprint density at radius 2 is 2.14 bits per heavy atom. The maximum atomic E-state index is 6.31. The molecule has 0 bridgehead atoms. The minimum atomic E-state index is -0.211. The molecule has 2 heterocycles. The smallest absolute Gasteiger partial charge is 0.161 e. The van der Waals surface area contributed by atoms with E-state index in [0.29, 0.717) is 21.5 Å². The molecular weight excluding hydrogens is 311 g/mol. The normalized spacial score (nSPS) is 12.4. The zero-order valence-corrected chi connectivity index (χ0v) is 13.7. The summed E-state index contributed by atoms with van der Waals surface area (Å²) in [6, 6.07) is 1.48. The Bertz CT molecular complexity index is 615. The molecule has 0 aliphatic rings. The van der Waals surface area contributed by atoms with E-state index in [1.54, 1.807) is 30.3 Å². The number of nitrogens with zero attached hydrogens (tertiary/aromatic N) is 3. The molecule has 0 fully saturated rings. The predicted molar refractivity (Wildman–Crippen MR) is 84.2 cm³/mol. The highest BCUT2D eigenvalue weighted by molar-refractivity contribution is 6.34. The Labute approximate surface area is 134 Å². The van der Waals surface area contributed by atoms with Gasteiger partial charge in [0.1, 0.15) is 5.69 Å². The molecule has 21 heavy (non-hydrogen) atoms. The summed E-state index contributed by atoms with van der Waals surface area (Å²) in [4.78, 5) is 4.38. The highest BCUT2D eigenvalue weighted by atomic mass is 35.5. The topological polar surface area (TPSA) is 52.0 Å². The van der Waals surface area contributed by atoms with Crippen LogP contribution in [0.15, 0.2) is 18.5 Å². The molecule has 0 radical (unpaired) electrons. The molecule has 2 rings (SSSR count). The maximum Gasteiger partial charge on any atom is 0.161 e. The average molecular weight is 329 g/mol. The summed E-state index contributed by atoms with van der Waals surface area (Å²) in [6.07, 6.45) is 4.26. The highest BCUT2D eigenvalue weighted by Crippen LogP contribution is 2.32. The quantitative estimate of drug-likeness (QED) is 0.884. The number of hydrogen-bond acceptors (Lipinski definition) is 4. The second kappa shape index (κ2) is 7.11. The number of nitrogens with one attached hydrogen (secondary N) is 1. The molecule has 2 aromatic rings. The summed E-state index contributed by atoms with van der Waals surface area (Å²) in [7, 11) is 3.48. The number of methoxy groups -OCH3 is 1. The van der Waals surface area contributed by atoms with Gasteiger partial charge < -0.3 is 10.1 Å². The first kappa shape index (κ1) is 16.1. The van der Waals surface area contributed by atoms with E-state index in [0.717, 1.165) is 18.7 Å². The molecule has 0 aliphatic carbocycles. The number of pyridine rings is 1. The van der Waals surface area contributed by atoms with E-state index in [1.807, 2.05) is 7.05 Å². The largest absolute Gasteiger partial charge is 0.493 e. The molecule has 114 valence electrons. The summed E-state index contributed by atoms with van der Waals surface area (Å²) in [5.74, 6) is 0.693. The Balaban J connectivity index is 2.49. The Hall–Kier alpha value is -1.30. The number of hydrogen-bond donors (Lipinski definition) is 1. The lowest BCUT2D eigenvalue weighted by Gasteiger charge is -2.20. The lowest BCUT2D eigenvalue weighted by molar-refractivity contribution is 0.399. The zero-order valence-electron chi connectivity index (χ0n) is 12.2. The fraction of sp³-hybridized carbons (Fsp3) is 0.429. The Morgan fingerprint density at radius 3 is 2.76 bits per heavy atom. The minimum absolute atomic E-state index is 0.211. The first-order valence-corrected chi connectivity index (χ1v) is 7.44. The molecule has 0 saturated heterocycles. The third-order valence-electron chi connectivity index (χ3n) is 3.15. The molecule has 0 amide bonds. The van der Waals surface area contributed by atoms with Gasteiger partial charge in [-0.1, -0.05) is 30.1 Å². The van der Waals surface area contributed by atoms with Gasteiger partial charge in [-0.25, -0.2) is 0 Å². The summed E-state index contributed by atoms with van der Waals surface area (Å²) >= 11 is 12.2. The molecule has 5 nitrogen and oxygen atoms in total. The number of aromatic nitrogens is 3. The molecule has 2 aromatic heterocycles. The average Bonchev–Trinajstić information content (AvgIpc) is 2.82. The van der Waals surface area contributed by atoms with Crippen molar-refractivity contribution in [1.29, 1.82) is 0 Å². The fourth-order valence-corrected chi connectivity index (χ4v) is 2.65. The standard InChI is InChI=1S/C14H18Cl2N4O/c1-4-5-17-13(12-10(16)6-9(15)7-18-12)14-11(21-3)8-19-20(14)2/h6-8,13,17H,4-5H2,1-3H3. The third kappa shape index (κ3) is 3.48. The van der Waals surface area contributed by atoms with Crippen molar-refractivity contribution in [2.45, 2.75) is 19.4 Å². The van der Waals surface area contributed by atoms with Gasteiger partial charge in [0.25, 0.3) is 0 Å². The zero-order chi connectivity index (χ0) is 15.4. The van der Waals surface area contributed by atoms with E-state index in [1.165, 1.54) is 0 Å². The number of aryl methyl sites for hydroxylation is 1. The van der Waals surface area contributed by atoms with Crippen molar-refractivity contribution in [1.82, 2.24) is 20.1 Å². The lowest BCUT2D eigenvalue weighted by atomic mass is 10.1. The Morgan fingerprint density at radius 1 is 1.38 bits per heavy atom. The first-order chi connectivity index (χ1) is 10.1. The number of rotatable bonds is 6. The van der Waals surface area contributed by atoms with Crippen LogP contribution >= 0.6 is 23.2 Å². The second-order valence-corrected chi connectivity index (χ2v) is 5.47. The van der Waals surface area contributed by atoms with Crippen molar-refractivity contribution in [3.63, 3.8) is 0 Å². The van der Waals surface area contributed by atoms with Gasteiger partial charge >= 0.3 is 0 Å². The van der Waals surface area contributed by atoms with Crippen LogP contribution in [-0.2, 0) is 7.05 Å². The second-order valence-electron chi connectivity index (χ2n) is 4.63. The molecule has 0 aliphatic heterocycles. The summed E-state index contributed by atoms with van der Waals surface area (Å²) in [5.41, 5.74) is 1.58. The molecule has 0 saturated carbocycles. The molecule has 0 spiro atoms. The maximum absolute atomic E-state index is 6.31. The monoisotopic (exact) mass is 328 g/mol. The lowest BCUT2D eigenvalue weighted by Crippen LogP contribution is -2.26. The van der Waals surface area contributed by atoms with Crippen LogP contribution in [0.2, 0.25) is 10.0 Å². The van der Waals surface area contributed by atoms with Crippen LogP contribution in [0.3, 0.4) is 0 Å². The minimum Gasteiger partial charge on any atom is -0.493 e. The SMILES string of the molecule is CCCNC(c1ncc(Cl)cc1Cl)c1c(OC)cnn1C. The van der Waals surface area contributed by atoms with Gasteiger partial charge in [-0.15, -0.1) is 0 Å². The van der Waals surface area contributed by atoms with E-state index >= 15 is 0 Å². The Kier molecular flexibility index (Phi) is 5.45. The molecular formula is C14H18Cl2N4O. The van der Waals surface area contributed by atoms with Crippen molar-refractivity contribution >= 4 is 23.2 Å². The summed E-state index contributed by atoms with van der Waals surface area (Å²) in [6.45, 7) is 2.92. The van der Waals surface area contributed by atoms with E-state index in [2.05, 4.69) is 22.3 Å². The van der Waals surface area contributed by atoms with Gasteiger partial charge in [-0.2, -0.15) is 5.10 Å². The number of ether oxygens (including phenoxy) is 1. The summed E-state index contributed by atoms with van der Waals surface area (Å²) < 4.78 is 7.15. The van der Waals surface area contributed by atoms with Gasteiger partial charge in [0, 0.05) is 13.2 Å². The van der Waals surface area contributed by atoms with Crippen molar-refractivity contribution in [2.24, 2.45) is 7.05 Å². The van der Waals surface area contributed by atoms with Crippen molar-refractivity contribution < 1.29 is 4.74 Å². The fourth-order valence-electron chi connectivity index (χ4n) is 2.16. The first-order valence-electron chi connectivity index (χ1n) is 6.68. The number of halogens is 2. The van der Waals surface area contributed by atoms with Crippen LogP contribution < -0.4 is 10.1 Å². The molecule has 0 aromatic carbocycles. The van der Waals surface area contributed by atoms with Crippen LogP contribution in [0.5, 0.6) is 5.75 Å². The van der Waals surface area contributed by atoms with Crippen molar-refractivity contribution in [3.8, 4) is 5.75 Å². The van der Waals surface area contributed by atoms with Gasteiger partial charge in [0.15, 0.2) is 5.75 Å². The molecule has 7 heteroatoms. The van der Waals surface area contributed by atoms with Gasteiger partial charge in [-0.05, 0) is 19.0 Å². The van der Waals surface area contributed by atoms with E-state index < -0.39 is 0 Å². The van der Waals surface area contributed by atoms with Gasteiger partial charge in [0.05, 0.1) is 35.1 Å². The van der Waals surface area contributed by atoms with E-state index in [4.69, 9.17) is 27.9 Å². The van der Waals surface area contributed by atoms with Crippen LogP contribution in [0.4, 0.5) is 0 Å². The van der Waals surface area contributed by atoms with Crippen LogP contribution in [0.1, 0.15) is 30.8 Å². The van der Waals surface area contributed by atoms with Crippen LogP contribution in [0, 0.1) is 0 Å². The van der Waals surface area contributed by atoms with Crippen LogP contribution in [-0.4, -0.2) is 28.4 Å². The van der Waals surface area contributed by atoms with Crippen LogP contribution in [0.25, 0.3) is 0 Å². The summed E-state index contributed by atoms with van der Waals surface area (Å²) in [5, 5.41) is 8.70.